The molecule has 4 N–H and O–H groups in total. The molecule has 2 atom stereocenters. The molecular weight excluding hydrogens is 686 g/mol. The number of halogens is 1. The third-order valence-electron chi connectivity index (χ3n) is 8.77. The lowest BCUT2D eigenvalue weighted by Gasteiger charge is -2.32. The second-order valence-corrected chi connectivity index (χ2v) is 14.9. The van der Waals surface area contributed by atoms with Gasteiger partial charge in [0.05, 0.1) is 35.2 Å². The summed E-state index contributed by atoms with van der Waals surface area (Å²) in [5.74, 6) is 2.39. The van der Waals surface area contributed by atoms with Gasteiger partial charge >= 0.3 is 6.03 Å². The Morgan fingerprint density at radius 3 is 2.57 bits per heavy atom. The molecule has 7 rings (SSSR count). The van der Waals surface area contributed by atoms with Crippen LogP contribution in [0.25, 0.3) is 22.7 Å². The van der Waals surface area contributed by atoms with Crippen molar-refractivity contribution in [1.82, 2.24) is 29.7 Å². The number of phenols is 1. The minimum atomic E-state index is -0.372. The Hall–Kier alpha value is -5.04. The molecule has 13 heteroatoms. The average Bonchev–Trinajstić information content (AvgIpc) is 3.74. The molecule has 0 spiro atoms. The van der Waals surface area contributed by atoms with Crippen LogP contribution in [0.3, 0.4) is 0 Å². The van der Waals surface area contributed by atoms with Crippen molar-refractivity contribution in [3.8, 4) is 28.6 Å². The minimum Gasteiger partial charge on any atom is -0.506 e. The molecule has 2 amide bonds. The maximum atomic E-state index is 13.6. The number of anilines is 1. The molecule has 1 aliphatic rings. The summed E-state index contributed by atoms with van der Waals surface area (Å²) in [4.78, 5) is 14.6. The van der Waals surface area contributed by atoms with E-state index in [0.717, 1.165) is 27.3 Å². The number of ether oxygens (including phenoxy) is 1. The van der Waals surface area contributed by atoms with Gasteiger partial charge in [0, 0.05) is 27.7 Å². The maximum Gasteiger partial charge on any atom is 0.320 e. The number of pyridine rings is 1. The molecule has 3 aromatic heterocycles. The molecule has 3 aromatic carbocycles. The lowest BCUT2D eigenvalue weighted by atomic mass is 9.85. The highest BCUT2D eigenvalue weighted by Gasteiger charge is 2.30. The van der Waals surface area contributed by atoms with Crippen molar-refractivity contribution in [2.45, 2.75) is 56.1 Å². The van der Waals surface area contributed by atoms with E-state index in [1.807, 2.05) is 98.1 Å². The SMILES string of the molecule is CC(C)(C)c1cc(NC(=O)N[C@H]2CC[C@@H](Oc3ccc4nnc(-c5ccccc5SCCO)n4c3)c3ccccc32)n(-c2ccc(O)c(Cl)c2)n1. The lowest BCUT2D eigenvalue weighted by molar-refractivity contribution is 0.171. The van der Waals surface area contributed by atoms with Crippen molar-refractivity contribution in [3.05, 3.63) is 113 Å². The number of thioether (sulfide) groups is 1. The summed E-state index contributed by atoms with van der Waals surface area (Å²) < 4.78 is 10.2. The van der Waals surface area contributed by atoms with Gasteiger partial charge in [-0.15, -0.1) is 22.0 Å². The van der Waals surface area contributed by atoms with Crippen molar-refractivity contribution in [1.29, 1.82) is 0 Å². The molecule has 3 heterocycles. The fraction of sp³-hybridized carbons (Fsp3) is 0.263. The number of urea groups is 1. The third-order valence-corrected chi connectivity index (χ3v) is 10.1. The van der Waals surface area contributed by atoms with E-state index in [9.17, 15) is 15.0 Å². The zero-order chi connectivity index (χ0) is 35.7. The Labute approximate surface area is 304 Å². The van der Waals surface area contributed by atoms with Crippen molar-refractivity contribution >= 4 is 40.9 Å². The number of hydrogen-bond donors (Lipinski definition) is 4. The van der Waals surface area contributed by atoms with E-state index in [1.165, 1.54) is 6.07 Å². The Morgan fingerprint density at radius 2 is 1.78 bits per heavy atom. The first-order valence-corrected chi connectivity index (χ1v) is 18.1. The predicted molar refractivity (Wildman–Crippen MR) is 199 cm³/mol. The first-order valence-electron chi connectivity index (χ1n) is 16.7. The topological polar surface area (TPSA) is 139 Å². The van der Waals surface area contributed by atoms with E-state index in [4.69, 9.17) is 21.4 Å². The molecule has 0 bridgehead atoms. The second kappa shape index (κ2) is 14.3. The normalized spacial score (nSPS) is 15.8. The van der Waals surface area contributed by atoms with E-state index < -0.39 is 0 Å². The van der Waals surface area contributed by atoms with Gasteiger partial charge in [-0.25, -0.2) is 9.48 Å². The zero-order valence-electron chi connectivity index (χ0n) is 28.4. The summed E-state index contributed by atoms with van der Waals surface area (Å²) in [6.45, 7) is 6.23. The van der Waals surface area contributed by atoms with Gasteiger partial charge in [0.2, 0.25) is 0 Å². The number of carbonyl (C=O) groups is 1. The number of rotatable bonds is 9. The van der Waals surface area contributed by atoms with Crippen LogP contribution in [-0.4, -0.2) is 53.0 Å². The van der Waals surface area contributed by atoms with Gasteiger partial charge in [0.1, 0.15) is 23.4 Å². The lowest BCUT2D eigenvalue weighted by Crippen LogP contribution is -2.36. The molecule has 262 valence electrons. The fourth-order valence-electron chi connectivity index (χ4n) is 6.22. The number of nitrogens with one attached hydrogen (secondary N) is 2. The van der Waals surface area contributed by atoms with E-state index in [0.29, 0.717) is 47.3 Å². The third kappa shape index (κ3) is 7.25. The summed E-state index contributed by atoms with van der Waals surface area (Å²) >= 11 is 7.79. The summed E-state index contributed by atoms with van der Waals surface area (Å²) in [5, 5.41) is 39.3. The minimum absolute atomic E-state index is 0.0339. The molecule has 6 aromatic rings. The standard InChI is InChI=1S/C38H38ClN7O4S/c1-38(2,3)33-21-35(46(44-33)23-12-15-30(48)28(39)20-23)41-37(49)40-29-14-16-31(26-9-5-4-8-25(26)29)50-24-13-17-34-42-43-36(45(34)22-24)27-10-6-7-11-32(27)51-19-18-47/h4-13,15,17,20-22,29,31,47-48H,14,16,18-19H2,1-3H3,(H2,40,41,49)/t29-,31+/m0/s1. The van der Waals surface area contributed by atoms with Crippen LogP contribution in [0, 0.1) is 0 Å². The summed E-state index contributed by atoms with van der Waals surface area (Å²) in [6.07, 6.45) is 3.01. The second-order valence-electron chi connectivity index (χ2n) is 13.4. The van der Waals surface area contributed by atoms with Gasteiger partial charge in [-0.1, -0.05) is 74.8 Å². The van der Waals surface area contributed by atoms with Gasteiger partial charge in [-0.3, -0.25) is 9.72 Å². The molecule has 51 heavy (non-hydrogen) atoms. The van der Waals surface area contributed by atoms with Crippen LogP contribution in [0.1, 0.15) is 62.6 Å². The van der Waals surface area contributed by atoms with Crippen molar-refractivity contribution in [3.63, 3.8) is 0 Å². The largest absolute Gasteiger partial charge is 0.506 e. The van der Waals surface area contributed by atoms with E-state index >= 15 is 0 Å². The number of nitrogens with zero attached hydrogens (tertiary/aromatic N) is 5. The van der Waals surface area contributed by atoms with E-state index in [2.05, 4.69) is 20.8 Å². The van der Waals surface area contributed by atoms with E-state index in [1.54, 1.807) is 28.6 Å². The number of phenolic OH excluding ortho intramolecular Hbond substituents is 1. The first-order chi connectivity index (χ1) is 24.6. The van der Waals surface area contributed by atoms with Crippen molar-refractivity contribution < 1.29 is 19.7 Å². The summed E-state index contributed by atoms with van der Waals surface area (Å²) in [6, 6.07) is 25.8. The number of aliphatic hydroxyl groups excluding tert-OH is 1. The molecule has 0 fully saturated rings. The van der Waals surface area contributed by atoms with Crippen LogP contribution in [0.2, 0.25) is 5.02 Å². The van der Waals surface area contributed by atoms with Crippen molar-refractivity contribution in [2.24, 2.45) is 0 Å². The first kappa shape index (κ1) is 34.4. The molecule has 0 unspecified atom stereocenters. The van der Waals surface area contributed by atoms with Gasteiger partial charge in [0.25, 0.3) is 0 Å². The van der Waals surface area contributed by atoms with Gasteiger partial charge in [0.15, 0.2) is 11.5 Å². The number of aliphatic hydroxyl groups is 1. The number of carbonyl (C=O) groups excluding carboxylic acids is 1. The monoisotopic (exact) mass is 723 g/mol. The number of aromatic hydroxyl groups is 1. The average molecular weight is 724 g/mol. The van der Waals surface area contributed by atoms with Gasteiger partial charge in [-0.2, -0.15) is 5.10 Å². The summed E-state index contributed by atoms with van der Waals surface area (Å²) in [7, 11) is 0. The number of hydrogen-bond acceptors (Lipinski definition) is 8. The molecular formula is C38H38ClN7O4S. The Bertz CT molecular complexity index is 2210. The number of benzene rings is 3. The Balaban J connectivity index is 1.10. The highest BCUT2D eigenvalue weighted by molar-refractivity contribution is 7.99. The molecule has 0 saturated carbocycles. The van der Waals surface area contributed by atoms with Crippen LogP contribution < -0.4 is 15.4 Å². The molecule has 1 aliphatic carbocycles. The highest BCUT2D eigenvalue weighted by atomic mass is 35.5. The van der Waals surface area contributed by atoms with Gasteiger partial charge in [-0.05, 0) is 60.4 Å². The number of aromatic nitrogens is 5. The van der Waals surface area contributed by atoms with Crippen LogP contribution in [0.5, 0.6) is 11.5 Å². The molecule has 0 radical (unpaired) electrons. The number of amides is 2. The van der Waals surface area contributed by atoms with Crippen molar-refractivity contribution in [2.75, 3.05) is 17.7 Å². The predicted octanol–water partition coefficient (Wildman–Crippen LogP) is 8.10. The molecule has 0 aliphatic heterocycles. The van der Waals surface area contributed by atoms with E-state index in [-0.39, 0.29) is 41.0 Å². The smallest absolute Gasteiger partial charge is 0.320 e. The fourth-order valence-corrected chi connectivity index (χ4v) is 7.19. The number of fused-ring (bicyclic) bond motifs is 2. The zero-order valence-corrected chi connectivity index (χ0v) is 29.9. The summed E-state index contributed by atoms with van der Waals surface area (Å²) in [5.41, 5.74) is 4.73. The van der Waals surface area contributed by atoms with Crippen LogP contribution in [0.4, 0.5) is 10.6 Å². The van der Waals surface area contributed by atoms with Crippen LogP contribution in [-0.2, 0) is 5.41 Å². The maximum absolute atomic E-state index is 13.6. The Kier molecular flexibility index (Phi) is 9.65. The van der Waals surface area contributed by atoms with Crippen LogP contribution in [0.15, 0.2) is 96.0 Å². The Morgan fingerprint density at radius 1 is 1.00 bits per heavy atom. The van der Waals surface area contributed by atoms with Gasteiger partial charge < -0.3 is 20.3 Å². The molecule has 0 saturated heterocycles. The highest BCUT2D eigenvalue weighted by Crippen LogP contribution is 2.39. The molecule has 11 nitrogen and oxygen atoms in total. The van der Waals surface area contributed by atoms with Crippen LogP contribution >= 0.6 is 23.4 Å². The quantitative estimate of drug-likeness (QED) is 0.110.